The Hall–Kier alpha value is -1.57. The van der Waals surface area contributed by atoms with Crippen molar-refractivity contribution in [2.75, 3.05) is 19.1 Å². The standard InChI is InChI=1S/C18H25N3O2S2/c1-11(20-17(22)15(19)9-10-24-4)16-12(2)21-18(25-16)13-5-7-14(23-3)8-6-13/h5-8,11,15H,9-10,19H2,1-4H3,(H,20,22)/t11?,15-/m0/s1. The van der Waals surface area contributed by atoms with Gasteiger partial charge in [-0.3, -0.25) is 4.79 Å². The Kier molecular flexibility index (Phi) is 7.28. The van der Waals surface area contributed by atoms with Gasteiger partial charge >= 0.3 is 0 Å². The number of ether oxygens (including phenoxy) is 1. The van der Waals surface area contributed by atoms with E-state index in [0.717, 1.165) is 32.6 Å². The molecule has 2 atom stereocenters. The number of nitrogens with zero attached hydrogens (tertiary/aromatic N) is 1. The van der Waals surface area contributed by atoms with Gasteiger partial charge in [0.15, 0.2) is 0 Å². The highest BCUT2D eigenvalue weighted by molar-refractivity contribution is 7.98. The van der Waals surface area contributed by atoms with Gasteiger partial charge in [0.25, 0.3) is 0 Å². The molecule has 1 heterocycles. The van der Waals surface area contributed by atoms with Crippen molar-refractivity contribution in [1.82, 2.24) is 10.3 Å². The van der Waals surface area contributed by atoms with Crippen molar-refractivity contribution in [3.63, 3.8) is 0 Å². The van der Waals surface area contributed by atoms with E-state index in [4.69, 9.17) is 10.5 Å². The Bertz CT molecular complexity index is 701. The maximum Gasteiger partial charge on any atom is 0.237 e. The van der Waals surface area contributed by atoms with Gasteiger partial charge in [0.05, 0.1) is 29.8 Å². The molecule has 0 fully saturated rings. The SMILES string of the molecule is COc1ccc(-c2nc(C)c(C(C)NC(=O)[C@@H](N)CCSC)s2)cc1. The van der Waals surface area contributed by atoms with Crippen molar-refractivity contribution in [1.29, 1.82) is 0 Å². The summed E-state index contributed by atoms with van der Waals surface area (Å²) < 4.78 is 5.19. The fourth-order valence-electron chi connectivity index (χ4n) is 2.43. The predicted octanol–water partition coefficient (Wildman–Crippen LogP) is 3.38. The van der Waals surface area contributed by atoms with Crippen LogP contribution in [0, 0.1) is 6.92 Å². The highest BCUT2D eigenvalue weighted by Crippen LogP contribution is 2.32. The first-order valence-corrected chi connectivity index (χ1v) is 10.3. The maximum absolute atomic E-state index is 12.2. The average molecular weight is 380 g/mol. The van der Waals surface area contributed by atoms with Crippen LogP contribution in [0.25, 0.3) is 10.6 Å². The molecule has 0 saturated carbocycles. The lowest BCUT2D eigenvalue weighted by molar-refractivity contribution is -0.123. The van der Waals surface area contributed by atoms with E-state index in [-0.39, 0.29) is 11.9 Å². The van der Waals surface area contributed by atoms with Gasteiger partial charge in [-0.2, -0.15) is 11.8 Å². The number of hydrogen-bond acceptors (Lipinski definition) is 6. The minimum atomic E-state index is -0.468. The van der Waals surface area contributed by atoms with Crippen LogP contribution in [0.2, 0.25) is 0 Å². The van der Waals surface area contributed by atoms with Crippen LogP contribution in [0.1, 0.15) is 30.0 Å². The summed E-state index contributed by atoms with van der Waals surface area (Å²) in [7, 11) is 1.65. The second-order valence-corrected chi connectivity index (χ2v) is 7.83. The highest BCUT2D eigenvalue weighted by Gasteiger charge is 2.20. The third-order valence-electron chi connectivity index (χ3n) is 3.89. The van der Waals surface area contributed by atoms with Crippen LogP contribution in [-0.2, 0) is 4.79 Å². The fraction of sp³-hybridized carbons (Fsp3) is 0.444. The minimum absolute atomic E-state index is 0.111. The molecular formula is C18H25N3O2S2. The van der Waals surface area contributed by atoms with Gasteiger partial charge in [-0.25, -0.2) is 4.98 Å². The molecule has 1 aromatic carbocycles. The first kappa shape index (κ1) is 19.8. The van der Waals surface area contributed by atoms with Crippen molar-refractivity contribution >= 4 is 29.0 Å². The first-order valence-electron chi connectivity index (χ1n) is 8.13. The molecule has 7 heteroatoms. The number of hydrogen-bond donors (Lipinski definition) is 2. The zero-order valence-corrected chi connectivity index (χ0v) is 16.7. The maximum atomic E-state index is 12.2. The summed E-state index contributed by atoms with van der Waals surface area (Å²) in [5.41, 5.74) is 7.91. The van der Waals surface area contributed by atoms with E-state index >= 15 is 0 Å². The van der Waals surface area contributed by atoms with Gasteiger partial charge in [0, 0.05) is 5.56 Å². The van der Waals surface area contributed by atoms with Crippen molar-refractivity contribution < 1.29 is 9.53 Å². The highest BCUT2D eigenvalue weighted by atomic mass is 32.2. The Morgan fingerprint density at radius 2 is 2.08 bits per heavy atom. The van der Waals surface area contributed by atoms with Crippen LogP contribution < -0.4 is 15.8 Å². The third kappa shape index (κ3) is 5.20. The predicted molar refractivity (Wildman–Crippen MR) is 106 cm³/mol. The van der Waals surface area contributed by atoms with E-state index in [9.17, 15) is 4.79 Å². The molecule has 0 bridgehead atoms. The molecule has 1 aromatic heterocycles. The summed E-state index contributed by atoms with van der Waals surface area (Å²) >= 11 is 3.29. The molecule has 2 aromatic rings. The average Bonchev–Trinajstić information content (AvgIpc) is 3.01. The van der Waals surface area contributed by atoms with E-state index in [1.54, 1.807) is 30.2 Å². The zero-order chi connectivity index (χ0) is 18.4. The number of carbonyl (C=O) groups excluding carboxylic acids is 1. The lowest BCUT2D eigenvalue weighted by Crippen LogP contribution is -2.41. The number of rotatable bonds is 8. The molecule has 0 radical (unpaired) electrons. The summed E-state index contributed by atoms with van der Waals surface area (Å²) in [6.45, 7) is 3.94. The van der Waals surface area contributed by atoms with E-state index in [1.807, 2.05) is 44.4 Å². The summed E-state index contributed by atoms with van der Waals surface area (Å²) in [4.78, 5) is 17.9. The topological polar surface area (TPSA) is 77.2 Å². The van der Waals surface area contributed by atoms with Crippen molar-refractivity contribution in [2.45, 2.75) is 32.4 Å². The molecule has 1 unspecified atom stereocenters. The first-order chi connectivity index (χ1) is 12.0. The second-order valence-electron chi connectivity index (χ2n) is 5.82. The van der Waals surface area contributed by atoms with Gasteiger partial charge in [0.1, 0.15) is 10.8 Å². The van der Waals surface area contributed by atoms with Crippen molar-refractivity contribution in [3.05, 3.63) is 34.8 Å². The van der Waals surface area contributed by atoms with Crippen LogP contribution in [-0.4, -0.2) is 36.1 Å². The Balaban J connectivity index is 2.09. The number of aromatic nitrogens is 1. The van der Waals surface area contributed by atoms with Gasteiger partial charge in [0.2, 0.25) is 5.91 Å². The van der Waals surface area contributed by atoms with Crippen LogP contribution in [0.15, 0.2) is 24.3 Å². The van der Waals surface area contributed by atoms with Gasteiger partial charge in [-0.05, 0) is 56.5 Å². The Morgan fingerprint density at radius 3 is 2.68 bits per heavy atom. The summed E-state index contributed by atoms with van der Waals surface area (Å²) in [6, 6.07) is 7.23. The molecule has 2 rings (SSSR count). The van der Waals surface area contributed by atoms with E-state index in [1.165, 1.54) is 0 Å². The Labute approximate surface area is 157 Å². The van der Waals surface area contributed by atoms with Gasteiger partial charge in [-0.15, -0.1) is 11.3 Å². The zero-order valence-electron chi connectivity index (χ0n) is 15.0. The molecular weight excluding hydrogens is 354 g/mol. The van der Waals surface area contributed by atoms with E-state index in [0.29, 0.717) is 6.42 Å². The van der Waals surface area contributed by atoms with Crippen LogP contribution >= 0.6 is 23.1 Å². The molecule has 0 spiro atoms. The number of thiazole rings is 1. The third-order valence-corrected chi connectivity index (χ3v) is 5.92. The van der Waals surface area contributed by atoms with Crippen molar-refractivity contribution in [2.24, 2.45) is 5.73 Å². The fourth-order valence-corrected chi connectivity index (χ4v) is 3.99. The number of amides is 1. The normalized spacial score (nSPS) is 13.3. The molecule has 0 aliphatic heterocycles. The number of thioether (sulfide) groups is 1. The van der Waals surface area contributed by atoms with Gasteiger partial charge in [-0.1, -0.05) is 0 Å². The number of methoxy groups -OCH3 is 1. The number of carbonyl (C=O) groups is 1. The molecule has 5 nitrogen and oxygen atoms in total. The molecule has 25 heavy (non-hydrogen) atoms. The second kappa shape index (κ2) is 9.22. The largest absolute Gasteiger partial charge is 0.497 e. The number of benzene rings is 1. The molecule has 0 saturated heterocycles. The van der Waals surface area contributed by atoms with E-state index in [2.05, 4.69) is 10.3 Å². The molecule has 0 aliphatic rings. The lowest BCUT2D eigenvalue weighted by atomic mass is 10.2. The number of nitrogens with two attached hydrogens (primary N) is 1. The van der Waals surface area contributed by atoms with Crippen molar-refractivity contribution in [3.8, 4) is 16.3 Å². The summed E-state index contributed by atoms with van der Waals surface area (Å²) in [6.07, 6.45) is 2.69. The summed E-state index contributed by atoms with van der Waals surface area (Å²) in [5, 5.41) is 3.94. The number of aryl methyl sites for hydroxylation is 1. The summed E-state index contributed by atoms with van der Waals surface area (Å²) in [5.74, 6) is 1.59. The van der Waals surface area contributed by atoms with Gasteiger partial charge < -0.3 is 15.8 Å². The number of nitrogens with one attached hydrogen (secondary N) is 1. The lowest BCUT2D eigenvalue weighted by Gasteiger charge is -2.16. The smallest absolute Gasteiger partial charge is 0.237 e. The molecule has 1 amide bonds. The monoisotopic (exact) mass is 379 g/mol. The molecule has 0 aliphatic carbocycles. The Morgan fingerprint density at radius 1 is 1.40 bits per heavy atom. The molecule has 3 N–H and O–H groups in total. The van der Waals surface area contributed by atoms with Crippen LogP contribution in [0.4, 0.5) is 0 Å². The minimum Gasteiger partial charge on any atom is -0.497 e. The van der Waals surface area contributed by atoms with Crippen LogP contribution in [0.3, 0.4) is 0 Å². The van der Waals surface area contributed by atoms with E-state index < -0.39 is 6.04 Å². The molecule has 136 valence electrons. The quantitative estimate of drug-likeness (QED) is 0.735. The van der Waals surface area contributed by atoms with Crippen LogP contribution in [0.5, 0.6) is 5.75 Å².